The van der Waals surface area contributed by atoms with Gasteiger partial charge in [0.15, 0.2) is 0 Å². The first kappa shape index (κ1) is 11.4. The van der Waals surface area contributed by atoms with Crippen LogP contribution in [0.25, 0.3) is 0 Å². The highest BCUT2D eigenvalue weighted by Gasteiger charge is 2.04. The maximum Gasteiger partial charge on any atom is 0.338 e. The molecule has 1 rings (SSSR count). The molecule has 0 saturated heterocycles. The van der Waals surface area contributed by atoms with Crippen molar-refractivity contribution in [2.24, 2.45) is 4.36 Å². The maximum absolute atomic E-state index is 11.2. The molecule has 0 bridgehead atoms. The Balaban J connectivity index is 2.90. The summed E-state index contributed by atoms with van der Waals surface area (Å²) < 4.78 is 28.5. The molecule has 0 amide bonds. The van der Waals surface area contributed by atoms with Gasteiger partial charge in [0, 0.05) is 0 Å². The van der Waals surface area contributed by atoms with Crippen LogP contribution in [0.15, 0.2) is 28.6 Å². The molecule has 80 valence electrons. The maximum atomic E-state index is 11.2. The molecule has 0 aliphatic heterocycles. The third kappa shape index (κ3) is 3.51. The van der Waals surface area contributed by atoms with E-state index in [1.807, 2.05) is 0 Å². The zero-order valence-corrected chi connectivity index (χ0v) is 8.82. The van der Waals surface area contributed by atoms with E-state index in [0.717, 1.165) is 0 Å². The van der Waals surface area contributed by atoms with Crippen LogP contribution >= 0.6 is 0 Å². The predicted molar refractivity (Wildman–Crippen MR) is 53.4 cm³/mol. The second-order valence-corrected chi connectivity index (χ2v) is 3.19. The summed E-state index contributed by atoms with van der Waals surface area (Å²) in [5.41, 5.74) is 0.642. The molecular formula is C9H9NO4S. The van der Waals surface area contributed by atoms with E-state index in [1.165, 1.54) is 24.3 Å². The summed E-state index contributed by atoms with van der Waals surface area (Å²) in [6, 6.07) is 5.79. The normalized spacial score (nSPS) is 9.40. The van der Waals surface area contributed by atoms with Crippen molar-refractivity contribution in [2.75, 3.05) is 6.61 Å². The molecule has 0 fully saturated rings. The van der Waals surface area contributed by atoms with Crippen molar-refractivity contribution in [3.05, 3.63) is 29.8 Å². The molecule has 0 heterocycles. The Labute approximate surface area is 88.4 Å². The van der Waals surface area contributed by atoms with Crippen LogP contribution in [0.4, 0.5) is 5.69 Å². The Morgan fingerprint density at radius 2 is 1.93 bits per heavy atom. The number of esters is 1. The van der Waals surface area contributed by atoms with E-state index < -0.39 is 16.5 Å². The Bertz CT molecular complexity index is 467. The molecule has 0 unspecified atom stereocenters. The van der Waals surface area contributed by atoms with Crippen LogP contribution in [0.1, 0.15) is 17.3 Å². The van der Waals surface area contributed by atoms with E-state index in [1.54, 1.807) is 6.92 Å². The molecule has 0 N–H and O–H groups in total. The Morgan fingerprint density at radius 1 is 1.33 bits per heavy atom. The number of hydrogen-bond donors (Lipinski definition) is 0. The standard InChI is InChI=1S/C9H9NO4S/c1-2-14-9(11)7-3-5-8(6-4-7)10-15(12)13/h3-6H,2H2,1H3. The minimum Gasteiger partial charge on any atom is -0.462 e. The van der Waals surface area contributed by atoms with Gasteiger partial charge in [-0.3, -0.25) is 0 Å². The second-order valence-electron chi connectivity index (χ2n) is 2.58. The first-order valence-electron chi connectivity index (χ1n) is 4.21. The summed E-state index contributed by atoms with van der Waals surface area (Å²) >= 11 is 0. The molecule has 5 nitrogen and oxygen atoms in total. The topological polar surface area (TPSA) is 72.8 Å². The quantitative estimate of drug-likeness (QED) is 0.734. The largest absolute Gasteiger partial charge is 0.462 e. The lowest BCUT2D eigenvalue weighted by molar-refractivity contribution is 0.0526. The van der Waals surface area contributed by atoms with E-state index in [4.69, 9.17) is 4.74 Å². The fraction of sp³-hybridized carbons (Fsp3) is 0.222. The number of hydrogen-bond acceptors (Lipinski definition) is 5. The minimum absolute atomic E-state index is 0.274. The van der Waals surface area contributed by atoms with Crippen molar-refractivity contribution in [1.29, 1.82) is 0 Å². The molecule has 15 heavy (non-hydrogen) atoms. The fourth-order valence-electron chi connectivity index (χ4n) is 0.959. The van der Waals surface area contributed by atoms with Gasteiger partial charge in [-0.25, -0.2) is 4.79 Å². The first-order valence-corrected chi connectivity index (χ1v) is 5.25. The summed E-state index contributed by atoms with van der Waals surface area (Å²) in [5.74, 6) is -0.438. The third-order valence-electron chi connectivity index (χ3n) is 1.56. The van der Waals surface area contributed by atoms with Gasteiger partial charge in [0.1, 0.15) is 0 Å². The Kier molecular flexibility index (Phi) is 3.99. The summed E-state index contributed by atoms with van der Waals surface area (Å²) in [6.45, 7) is 2.01. The number of carbonyl (C=O) groups is 1. The van der Waals surface area contributed by atoms with Gasteiger partial charge in [0.2, 0.25) is 0 Å². The van der Waals surface area contributed by atoms with Gasteiger partial charge in [0.25, 0.3) is 0 Å². The highest BCUT2D eigenvalue weighted by Crippen LogP contribution is 2.13. The van der Waals surface area contributed by atoms with Crippen molar-refractivity contribution in [1.82, 2.24) is 0 Å². The van der Waals surface area contributed by atoms with E-state index >= 15 is 0 Å². The zero-order valence-electron chi connectivity index (χ0n) is 8.00. The number of carbonyl (C=O) groups excluding carboxylic acids is 1. The average Bonchev–Trinajstić information content (AvgIpc) is 2.18. The smallest absolute Gasteiger partial charge is 0.338 e. The predicted octanol–water partition coefficient (Wildman–Crippen LogP) is 1.56. The number of rotatable bonds is 3. The van der Waals surface area contributed by atoms with Crippen molar-refractivity contribution in [3.8, 4) is 0 Å². The fourth-order valence-corrected chi connectivity index (χ4v) is 1.25. The van der Waals surface area contributed by atoms with Crippen molar-refractivity contribution < 1.29 is 17.9 Å². The van der Waals surface area contributed by atoms with Crippen molar-refractivity contribution >= 4 is 22.2 Å². The monoisotopic (exact) mass is 227 g/mol. The third-order valence-corrected chi connectivity index (χ3v) is 1.92. The van der Waals surface area contributed by atoms with Crippen LogP contribution < -0.4 is 0 Å². The van der Waals surface area contributed by atoms with Crippen LogP contribution in [0.3, 0.4) is 0 Å². The summed E-state index contributed by atoms with van der Waals surface area (Å²) in [7, 11) is -2.48. The zero-order chi connectivity index (χ0) is 11.3. The molecule has 0 saturated carbocycles. The summed E-state index contributed by atoms with van der Waals surface area (Å²) in [6.07, 6.45) is 0. The lowest BCUT2D eigenvalue weighted by atomic mass is 10.2. The van der Waals surface area contributed by atoms with Gasteiger partial charge >= 0.3 is 16.5 Å². The summed E-state index contributed by atoms with van der Waals surface area (Å²) in [4.78, 5) is 11.2. The van der Waals surface area contributed by atoms with E-state index in [9.17, 15) is 13.2 Å². The summed E-state index contributed by atoms with van der Waals surface area (Å²) in [5, 5.41) is 0. The molecule has 1 aromatic rings. The van der Waals surface area contributed by atoms with Gasteiger partial charge in [-0.05, 0) is 31.2 Å². The Morgan fingerprint density at radius 3 is 2.40 bits per heavy atom. The van der Waals surface area contributed by atoms with Gasteiger partial charge in [0.05, 0.1) is 17.9 Å². The number of ether oxygens (including phenoxy) is 1. The van der Waals surface area contributed by atoms with Crippen LogP contribution in [-0.2, 0) is 15.2 Å². The van der Waals surface area contributed by atoms with Gasteiger partial charge in [-0.1, -0.05) is 0 Å². The van der Waals surface area contributed by atoms with Crippen LogP contribution in [0.2, 0.25) is 0 Å². The highest BCUT2D eigenvalue weighted by molar-refractivity contribution is 7.61. The molecule has 0 spiro atoms. The van der Waals surface area contributed by atoms with E-state index in [2.05, 4.69) is 4.36 Å². The van der Waals surface area contributed by atoms with Crippen LogP contribution in [-0.4, -0.2) is 21.0 Å². The minimum atomic E-state index is -2.48. The SMILES string of the molecule is CCOC(=O)c1ccc(N=S(=O)=O)cc1. The molecule has 0 aliphatic rings. The second kappa shape index (κ2) is 5.26. The van der Waals surface area contributed by atoms with Gasteiger partial charge < -0.3 is 4.74 Å². The van der Waals surface area contributed by atoms with E-state index in [0.29, 0.717) is 12.2 Å². The molecule has 6 heteroatoms. The van der Waals surface area contributed by atoms with Crippen molar-refractivity contribution in [3.63, 3.8) is 0 Å². The average molecular weight is 227 g/mol. The van der Waals surface area contributed by atoms with Crippen LogP contribution in [0.5, 0.6) is 0 Å². The molecule has 0 aliphatic carbocycles. The molecular weight excluding hydrogens is 218 g/mol. The number of benzene rings is 1. The molecule has 0 aromatic heterocycles. The number of nitrogens with zero attached hydrogens (tertiary/aromatic N) is 1. The molecule has 0 radical (unpaired) electrons. The lowest BCUT2D eigenvalue weighted by Gasteiger charge is -2.00. The van der Waals surface area contributed by atoms with Crippen molar-refractivity contribution in [2.45, 2.75) is 6.92 Å². The van der Waals surface area contributed by atoms with Gasteiger partial charge in [-0.15, -0.1) is 4.36 Å². The van der Waals surface area contributed by atoms with Gasteiger partial charge in [-0.2, -0.15) is 8.42 Å². The lowest BCUT2D eigenvalue weighted by Crippen LogP contribution is -2.03. The Hall–Kier alpha value is -1.69. The molecule has 0 atom stereocenters. The van der Waals surface area contributed by atoms with Crippen LogP contribution in [0, 0.1) is 0 Å². The highest BCUT2D eigenvalue weighted by atomic mass is 32.2. The van der Waals surface area contributed by atoms with E-state index in [-0.39, 0.29) is 5.69 Å². The molecule has 1 aromatic carbocycles. The first-order chi connectivity index (χ1) is 7.13.